The van der Waals surface area contributed by atoms with E-state index in [1.807, 2.05) is 0 Å². The molecule has 0 aliphatic heterocycles. The number of esters is 1. The number of carbonyl (C=O) groups excluding carboxylic acids is 2. The second-order valence-electron chi connectivity index (χ2n) is 4.25. The highest BCUT2D eigenvalue weighted by Crippen LogP contribution is 2.25. The molecule has 0 heterocycles. The van der Waals surface area contributed by atoms with Crippen LogP contribution < -0.4 is 5.32 Å². The summed E-state index contributed by atoms with van der Waals surface area (Å²) in [7, 11) is -4.42. The van der Waals surface area contributed by atoms with Gasteiger partial charge in [0.05, 0.1) is 22.3 Å². The van der Waals surface area contributed by atoms with Gasteiger partial charge in [-0.05, 0) is 79.9 Å². The molecule has 0 saturated carbocycles. The van der Waals surface area contributed by atoms with Crippen molar-refractivity contribution in [1.82, 2.24) is 0 Å². The summed E-state index contributed by atoms with van der Waals surface area (Å²) < 4.78 is 43.4. The van der Waals surface area contributed by atoms with Gasteiger partial charge in [0.15, 0.2) is 0 Å². The smallest absolute Gasteiger partial charge is 0.411 e. The number of benzene rings is 1. The van der Waals surface area contributed by atoms with Gasteiger partial charge in [-0.1, -0.05) is 0 Å². The summed E-state index contributed by atoms with van der Waals surface area (Å²) in [4.78, 5) is 22.9. The van der Waals surface area contributed by atoms with Crippen LogP contribution in [0.3, 0.4) is 0 Å². The van der Waals surface area contributed by atoms with E-state index in [9.17, 15) is 22.6 Å². The van der Waals surface area contributed by atoms with E-state index < -0.39 is 34.5 Å². The van der Waals surface area contributed by atoms with Crippen molar-refractivity contribution in [2.24, 2.45) is 0 Å². The molecule has 0 radical (unpaired) electrons. The normalized spacial score (nSPS) is 11.0. The molecule has 0 atom stereocenters. The highest BCUT2D eigenvalue weighted by atomic mass is 127. The number of rotatable bonds is 7. The van der Waals surface area contributed by atoms with E-state index in [4.69, 9.17) is 4.74 Å². The van der Waals surface area contributed by atoms with Gasteiger partial charge in [0.25, 0.3) is 0 Å². The van der Waals surface area contributed by atoms with Crippen molar-refractivity contribution in [3.8, 4) is 0 Å². The maximum Gasteiger partial charge on any atom is 0.411 e. The van der Waals surface area contributed by atoms with Gasteiger partial charge in [-0.3, -0.25) is 10.1 Å². The van der Waals surface area contributed by atoms with Gasteiger partial charge >= 0.3 is 12.1 Å². The highest BCUT2D eigenvalue weighted by Gasteiger charge is 2.10. The Morgan fingerprint density at radius 3 is 2.21 bits per heavy atom. The fraction of sp³-hybridized carbons (Fsp3) is 0.333. The maximum absolute atomic E-state index is 11.6. The van der Waals surface area contributed by atoms with Crippen molar-refractivity contribution in [3.05, 3.63) is 22.8 Å². The van der Waals surface area contributed by atoms with E-state index in [2.05, 4.69) is 77.8 Å². The first-order valence-corrected chi connectivity index (χ1v) is 11.1. The molecule has 0 aromatic heterocycles. The van der Waals surface area contributed by atoms with Gasteiger partial charge in [-0.15, -0.1) is 0 Å². The molecule has 8 nitrogen and oxygen atoms in total. The average Bonchev–Trinajstić information content (AvgIpc) is 2.43. The quantitative estimate of drug-likeness (QED) is 0.202. The first kappa shape index (κ1) is 22.1. The Hall–Kier alpha value is 0.0600. The first-order valence-electron chi connectivity index (χ1n) is 6.26. The van der Waals surface area contributed by atoms with Crippen LogP contribution in [0.4, 0.5) is 10.5 Å². The Morgan fingerprint density at radius 1 is 1.08 bits per heavy atom. The van der Waals surface area contributed by atoms with Crippen molar-refractivity contribution >= 4 is 95.6 Å². The number of hydrogen-bond donors (Lipinski definition) is 1. The van der Waals surface area contributed by atoms with E-state index in [0.717, 1.165) is 10.7 Å². The lowest BCUT2D eigenvalue weighted by Gasteiger charge is -2.10. The highest BCUT2D eigenvalue weighted by molar-refractivity contribution is 14.1. The summed E-state index contributed by atoms with van der Waals surface area (Å²) in [5.74, 6) is -1.55. The van der Waals surface area contributed by atoms with Crippen LogP contribution in [0.15, 0.2) is 12.1 Å². The molecule has 24 heavy (non-hydrogen) atoms. The van der Waals surface area contributed by atoms with Crippen molar-refractivity contribution in [2.75, 3.05) is 24.3 Å². The van der Waals surface area contributed by atoms with Crippen LogP contribution in [0.1, 0.15) is 6.42 Å². The predicted octanol–water partition coefficient (Wildman–Crippen LogP) is 2.53. The van der Waals surface area contributed by atoms with Crippen LogP contribution in [0.25, 0.3) is 0 Å². The topological polar surface area (TPSA) is 122 Å². The van der Waals surface area contributed by atoms with Crippen LogP contribution in [0.2, 0.25) is 0 Å². The Balaban J connectivity index is 2.33. The zero-order valence-electron chi connectivity index (χ0n) is 11.9. The lowest BCUT2D eigenvalue weighted by Crippen LogP contribution is -2.19. The Morgan fingerprint density at radius 2 is 1.67 bits per heavy atom. The summed E-state index contributed by atoms with van der Waals surface area (Å²) in [5, 5.41) is 2.54. The molecule has 134 valence electrons. The van der Waals surface area contributed by atoms with Crippen LogP contribution in [-0.4, -0.2) is 44.0 Å². The van der Waals surface area contributed by atoms with Gasteiger partial charge in [0, 0.05) is 16.4 Å². The second-order valence-corrected chi connectivity index (χ2v) is 9.17. The van der Waals surface area contributed by atoms with Gasteiger partial charge < -0.3 is 14.0 Å². The maximum atomic E-state index is 11.6. The summed E-state index contributed by atoms with van der Waals surface area (Å²) in [5.41, 5.74) is 0.567. The molecule has 1 amide bonds. The number of hydrogen-bond acceptors (Lipinski definition) is 7. The molecule has 12 heteroatoms. The molecule has 0 bridgehead atoms. The van der Waals surface area contributed by atoms with Crippen LogP contribution >= 0.6 is 67.8 Å². The van der Waals surface area contributed by atoms with E-state index >= 15 is 0 Å². The molecule has 0 aliphatic rings. The molecule has 0 saturated heterocycles. The minimum absolute atomic E-state index is 0.229. The fourth-order valence-electron chi connectivity index (χ4n) is 1.34. The van der Waals surface area contributed by atoms with Crippen molar-refractivity contribution in [3.63, 3.8) is 0 Å². The monoisotopic (exact) mass is 694 g/mol. The standard InChI is InChI=1S/C12H12I3NO7S/c13-8-5-7(6-9(14)11(8)15)16-12(18)23-2-1-10(17)22-3-4-24(19,20)21/h5-6H,1-4H2,(H,16,18)(H,19,20,21)/p-1. The molecule has 0 aliphatic carbocycles. The van der Waals surface area contributed by atoms with Crippen molar-refractivity contribution < 1.29 is 32.0 Å². The van der Waals surface area contributed by atoms with Gasteiger partial charge in [0.2, 0.25) is 0 Å². The second kappa shape index (κ2) is 10.3. The summed E-state index contributed by atoms with van der Waals surface area (Å²) in [6.45, 7) is -0.746. The molecule has 1 aromatic rings. The molecular weight excluding hydrogens is 683 g/mol. The summed E-state index contributed by atoms with van der Waals surface area (Å²) in [6, 6.07) is 3.56. The van der Waals surface area contributed by atoms with E-state index in [-0.39, 0.29) is 13.0 Å². The molecule has 1 aromatic carbocycles. The van der Waals surface area contributed by atoms with Gasteiger partial charge in [0.1, 0.15) is 13.2 Å². The average molecular weight is 694 g/mol. The lowest BCUT2D eigenvalue weighted by atomic mass is 10.3. The number of carbonyl (C=O) groups is 2. The Labute approximate surface area is 179 Å². The Bertz CT molecular complexity index is 700. The van der Waals surface area contributed by atoms with Gasteiger partial charge in [-0.2, -0.15) is 0 Å². The SMILES string of the molecule is O=C(CCOC(=O)Nc1cc(I)c(I)c(I)c1)OCCS(=O)(=O)[O-]. The number of anilines is 1. The van der Waals surface area contributed by atoms with E-state index in [1.54, 1.807) is 12.1 Å². The summed E-state index contributed by atoms with van der Waals surface area (Å²) in [6.07, 6.45) is -0.966. The van der Waals surface area contributed by atoms with Crippen molar-refractivity contribution in [2.45, 2.75) is 6.42 Å². The third-order valence-electron chi connectivity index (χ3n) is 2.37. The minimum atomic E-state index is -4.42. The van der Waals surface area contributed by atoms with E-state index in [0.29, 0.717) is 5.69 Å². The van der Waals surface area contributed by atoms with Crippen LogP contribution in [-0.2, 0) is 24.4 Å². The third kappa shape index (κ3) is 8.95. The van der Waals surface area contributed by atoms with E-state index in [1.165, 1.54) is 0 Å². The molecule has 0 unspecified atom stereocenters. The Kier molecular flexibility index (Phi) is 9.46. The number of nitrogens with one attached hydrogen (secondary N) is 1. The molecule has 0 fully saturated rings. The largest absolute Gasteiger partial charge is 0.748 e. The molecule has 1 rings (SSSR count). The van der Waals surface area contributed by atoms with Crippen LogP contribution in [0.5, 0.6) is 0 Å². The minimum Gasteiger partial charge on any atom is -0.748 e. The summed E-state index contributed by atoms with van der Waals surface area (Å²) >= 11 is 6.49. The predicted molar refractivity (Wildman–Crippen MR) is 110 cm³/mol. The lowest BCUT2D eigenvalue weighted by molar-refractivity contribution is -0.143. The van der Waals surface area contributed by atoms with Crippen LogP contribution in [0, 0.1) is 10.7 Å². The molecule has 1 N–H and O–H groups in total. The first-order chi connectivity index (χ1) is 11.1. The fourth-order valence-corrected chi connectivity index (χ4v) is 3.71. The zero-order valence-corrected chi connectivity index (χ0v) is 19.2. The van der Waals surface area contributed by atoms with Gasteiger partial charge in [-0.25, -0.2) is 13.2 Å². The number of halogens is 3. The number of ether oxygens (including phenoxy) is 2. The third-order valence-corrected chi connectivity index (χ3v) is 7.96. The number of amides is 1. The van der Waals surface area contributed by atoms with Crippen molar-refractivity contribution in [1.29, 1.82) is 0 Å². The molecule has 0 spiro atoms. The zero-order chi connectivity index (χ0) is 18.3. The molecular formula is C12H11I3NO7S-.